The van der Waals surface area contributed by atoms with Crippen molar-refractivity contribution in [2.24, 2.45) is 11.1 Å². The van der Waals surface area contributed by atoms with Crippen LogP contribution in [0, 0.1) is 5.41 Å². The minimum Gasteiger partial charge on any atom is -0.326 e. The number of hydrogen-bond acceptors (Lipinski definition) is 3. The second-order valence-electron chi connectivity index (χ2n) is 7.32. The van der Waals surface area contributed by atoms with Crippen LogP contribution in [0.4, 0.5) is 0 Å². The molecule has 17 heavy (non-hydrogen) atoms. The van der Waals surface area contributed by atoms with Gasteiger partial charge >= 0.3 is 0 Å². The van der Waals surface area contributed by atoms with Crippen LogP contribution in [-0.2, 0) is 0 Å². The summed E-state index contributed by atoms with van der Waals surface area (Å²) in [5.41, 5.74) is 7.06. The van der Waals surface area contributed by atoms with Crippen LogP contribution >= 0.6 is 0 Å². The lowest BCUT2D eigenvalue weighted by Gasteiger charge is -2.48. The summed E-state index contributed by atoms with van der Waals surface area (Å²) < 4.78 is 0. The Morgan fingerprint density at radius 2 is 1.76 bits per heavy atom. The fraction of sp³-hybridized carbons (Fsp3) is 1.00. The van der Waals surface area contributed by atoms with Gasteiger partial charge in [0.25, 0.3) is 0 Å². The van der Waals surface area contributed by atoms with Crippen LogP contribution in [-0.4, -0.2) is 54.1 Å². The molecule has 0 aromatic heterocycles. The highest BCUT2D eigenvalue weighted by molar-refractivity contribution is 5.02. The molecule has 0 bridgehead atoms. The molecule has 2 rings (SSSR count). The Morgan fingerprint density at radius 3 is 2.24 bits per heavy atom. The van der Waals surface area contributed by atoms with Crippen molar-refractivity contribution in [3.63, 3.8) is 0 Å². The van der Waals surface area contributed by atoms with E-state index >= 15 is 0 Å². The SMILES string of the molecule is CN1CCN(C2CCC(C)(C)C2N)CC1(C)C. The summed E-state index contributed by atoms with van der Waals surface area (Å²) in [5.74, 6) is 0. The first-order valence-electron chi connectivity index (χ1n) is 6.95. The van der Waals surface area contributed by atoms with E-state index < -0.39 is 0 Å². The van der Waals surface area contributed by atoms with E-state index in [1.807, 2.05) is 0 Å². The van der Waals surface area contributed by atoms with Crippen LogP contribution in [0.15, 0.2) is 0 Å². The van der Waals surface area contributed by atoms with Crippen molar-refractivity contribution < 1.29 is 0 Å². The van der Waals surface area contributed by atoms with Gasteiger partial charge in [-0.15, -0.1) is 0 Å². The van der Waals surface area contributed by atoms with Crippen LogP contribution < -0.4 is 5.73 Å². The molecule has 1 saturated carbocycles. The fourth-order valence-corrected chi connectivity index (χ4v) is 3.36. The average Bonchev–Trinajstić information content (AvgIpc) is 2.47. The third-order valence-corrected chi connectivity index (χ3v) is 5.22. The highest BCUT2D eigenvalue weighted by Crippen LogP contribution is 2.39. The first kappa shape index (κ1) is 13.3. The molecule has 0 aromatic rings. The molecule has 2 N–H and O–H groups in total. The van der Waals surface area contributed by atoms with Crippen molar-refractivity contribution in [2.45, 2.75) is 58.2 Å². The zero-order valence-electron chi connectivity index (χ0n) is 12.2. The number of likely N-dealkylation sites (N-methyl/N-ethyl adjacent to an activating group) is 1. The third-order valence-electron chi connectivity index (χ3n) is 5.22. The molecule has 1 heterocycles. The maximum Gasteiger partial charge on any atom is 0.0277 e. The molecule has 3 heteroatoms. The second-order valence-corrected chi connectivity index (χ2v) is 7.32. The predicted octanol–water partition coefficient (Wildman–Crippen LogP) is 1.53. The minimum absolute atomic E-state index is 0.282. The van der Waals surface area contributed by atoms with E-state index in [1.54, 1.807) is 0 Å². The largest absolute Gasteiger partial charge is 0.326 e. The first-order chi connectivity index (χ1) is 7.74. The molecule has 2 atom stereocenters. The van der Waals surface area contributed by atoms with E-state index in [-0.39, 0.29) is 5.54 Å². The van der Waals surface area contributed by atoms with Gasteiger partial charge in [0.15, 0.2) is 0 Å². The molecule has 1 saturated heterocycles. The predicted molar refractivity (Wildman–Crippen MR) is 73.1 cm³/mol. The van der Waals surface area contributed by atoms with Gasteiger partial charge in [-0.3, -0.25) is 9.80 Å². The summed E-state index contributed by atoms with van der Waals surface area (Å²) in [6.45, 7) is 12.8. The second kappa shape index (κ2) is 4.22. The molecule has 0 amide bonds. The van der Waals surface area contributed by atoms with Gasteiger partial charge in [0.1, 0.15) is 0 Å². The summed E-state index contributed by atoms with van der Waals surface area (Å²) in [7, 11) is 2.23. The van der Waals surface area contributed by atoms with Crippen LogP contribution in [0.1, 0.15) is 40.5 Å². The number of hydrogen-bond donors (Lipinski definition) is 1. The average molecular weight is 239 g/mol. The molecule has 100 valence electrons. The van der Waals surface area contributed by atoms with E-state index in [2.05, 4.69) is 44.5 Å². The molecule has 0 radical (unpaired) electrons. The van der Waals surface area contributed by atoms with Crippen LogP contribution in [0.5, 0.6) is 0 Å². The number of nitrogens with two attached hydrogens (primary N) is 1. The molecule has 1 aliphatic carbocycles. The topological polar surface area (TPSA) is 32.5 Å². The number of rotatable bonds is 1. The summed E-state index contributed by atoms with van der Waals surface area (Å²) in [6, 6.07) is 0.930. The Kier molecular flexibility index (Phi) is 3.30. The zero-order valence-corrected chi connectivity index (χ0v) is 12.2. The Labute approximate surface area is 106 Å². The minimum atomic E-state index is 0.282. The summed E-state index contributed by atoms with van der Waals surface area (Å²) in [4.78, 5) is 5.11. The molecular formula is C14H29N3. The molecule has 2 fully saturated rings. The highest BCUT2D eigenvalue weighted by Gasteiger charge is 2.44. The maximum atomic E-state index is 6.46. The monoisotopic (exact) mass is 239 g/mol. The normalized spacial score (nSPS) is 38.5. The molecule has 3 nitrogen and oxygen atoms in total. The Hall–Kier alpha value is -0.120. The zero-order chi connectivity index (χ0) is 12.8. The van der Waals surface area contributed by atoms with Gasteiger partial charge in [0, 0.05) is 37.3 Å². The lowest BCUT2D eigenvalue weighted by Crippen LogP contribution is -2.62. The lowest BCUT2D eigenvalue weighted by atomic mass is 9.86. The standard InChI is InChI=1S/C14H29N3/c1-13(2)7-6-11(12(13)15)17-9-8-16(5)14(3,4)10-17/h11-12H,6-10,15H2,1-5H3. The van der Waals surface area contributed by atoms with Crippen molar-refractivity contribution in [3.8, 4) is 0 Å². The lowest BCUT2D eigenvalue weighted by molar-refractivity contribution is 0.0115. The van der Waals surface area contributed by atoms with Crippen molar-refractivity contribution >= 4 is 0 Å². The molecule has 0 spiro atoms. The van der Waals surface area contributed by atoms with Crippen LogP contribution in [0.2, 0.25) is 0 Å². The van der Waals surface area contributed by atoms with Gasteiger partial charge in [-0.05, 0) is 39.2 Å². The Morgan fingerprint density at radius 1 is 1.12 bits per heavy atom. The summed E-state index contributed by atoms with van der Waals surface area (Å²) in [6.07, 6.45) is 2.54. The van der Waals surface area contributed by atoms with Gasteiger partial charge < -0.3 is 5.73 Å². The highest BCUT2D eigenvalue weighted by atomic mass is 15.3. The van der Waals surface area contributed by atoms with Crippen LogP contribution in [0.3, 0.4) is 0 Å². The third kappa shape index (κ3) is 2.38. The Balaban J connectivity index is 2.05. The van der Waals surface area contributed by atoms with E-state index in [4.69, 9.17) is 5.73 Å². The Bertz CT molecular complexity index is 285. The summed E-state index contributed by atoms with van der Waals surface area (Å²) >= 11 is 0. The van der Waals surface area contributed by atoms with E-state index in [1.165, 1.54) is 19.4 Å². The molecule has 2 unspecified atom stereocenters. The fourth-order valence-electron chi connectivity index (χ4n) is 3.36. The maximum absolute atomic E-state index is 6.46. The molecular weight excluding hydrogens is 210 g/mol. The van der Waals surface area contributed by atoms with Crippen molar-refractivity contribution in [2.75, 3.05) is 26.7 Å². The van der Waals surface area contributed by atoms with Gasteiger partial charge in [-0.2, -0.15) is 0 Å². The van der Waals surface area contributed by atoms with Gasteiger partial charge in [-0.25, -0.2) is 0 Å². The molecule has 2 aliphatic rings. The van der Waals surface area contributed by atoms with Gasteiger partial charge in [0.2, 0.25) is 0 Å². The van der Waals surface area contributed by atoms with Crippen molar-refractivity contribution in [3.05, 3.63) is 0 Å². The van der Waals surface area contributed by atoms with E-state index in [0.717, 1.165) is 13.1 Å². The quantitative estimate of drug-likeness (QED) is 0.753. The van der Waals surface area contributed by atoms with E-state index in [9.17, 15) is 0 Å². The van der Waals surface area contributed by atoms with Crippen molar-refractivity contribution in [1.29, 1.82) is 0 Å². The molecule has 0 aromatic carbocycles. The van der Waals surface area contributed by atoms with Crippen LogP contribution in [0.25, 0.3) is 0 Å². The number of nitrogens with zero attached hydrogens (tertiary/aromatic N) is 2. The van der Waals surface area contributed by atoms with E-state index in [0.29, 0.717) is 17.5 Å². The van der Waals surface area contributed by atoms with Gasteiger partial charge in [-0.1, -0.05) is 13.8 Å². The van der Waals surface area contributed by atoms with Crippen molar-refractivity contribution in [1.82, 2.24) is 9.80 Å². The smallest absolute Gasteiger partial charge is 0.0277 e. The summed E-state index contributed by atoms with van der Waals surface area (Å²) in [5, 5.41) is 0. The molecule has 1 aliphatic heterocycles. The number of piperazine rings is 1. The van der Waals surface area contributed by atoms with Gasteiger partial charge in [0.05, 0.1) is 0 Å². The first-order valence-corrected chi connectivity index (χ1v) is 6.95.